The SMILES string of the molecule is CC1CN2CCCC2CN1c1nc2ccccn2c1CN. The number of hydrogen-bond donors (Lipinski definition) is 1. The Kier molecular flexibility index (Phi) is 3.12. The first kappa shape index (κ1) is 13.1. The van der Waals surface area contributed by atoms with Crippen molar-refractivity contribution in [2.75, 3.05) is 24.5 Å². The van der Waals surface area contributed by atoms with E-state index in [1.54, 1.807) is 0 Å². The first-order valence-corrected chi connectivity index (χ1v) is 7.94. The van der Waals surface area contributed by atoms with Crippen LogP contribution in [0.2, 0.25) is 0 Å². The van der Waals surface area contributed by atoms with Crippen molar-refractivity contribution in [1.82, 2.24) is 14.3 Å². The third kappa shape index (κ3) is 2.03. The minimum Gasteiger partial charge on any atom is -0.349 e. The van der Waals surface area contributed by atoms with E-state index in [4.69, 9.17) is 10.7 Å². The fourth-order valence-corrected chi connectivity index (χ4v) is 3.94. The van der Waals surface area contributed by atoms with Crippen LogP contribution in [0.4, 0.5) is 5.82 Å². The van der Waals surface area contributed by atoms with Gasteiger partial charge in [0.15, 0.2) is 5.82 Å². The van der Waals surface area contributed by atoms with Gasteiger partial charge in [0.1, 0.15) is 5.65 Å². The van der Waals surface area contributed by atoms with Gasteiger partial charge in [0.25, 0.3) is 0 Å². The molecule has 2 fully saturated rings. The molecule has 0 aromatic carbocycles. The number of piperazine rings is 1. The summed E-state index contributed by atoms with van der Waals surface area (Å²) in [6.45, 7) is 6.31. The lowest BCUT2D eigenvalue weighted by Crippen LogP contribution is -2.55. The van der Waals surface area contributed by atoms with Gasteiger partial charge in [-0.3, -0.25) is 4.90 Å². The molecule has 2 N–H and O–H groups in total. The summed E-state index contributed by atoms with van der Waals surface area (Å²) < 4.78 is 2.13. The van der Waals surface area contributed by atoms with Gasteiger partial charge in [0, 0.05) is 37.9 Å². The highest BCUT2D eigenvalue weighted by Crippen LogP contribution is 2.30. The second-order valence-corrected chi connectivity index (χ2v) is 6.31. The van der Waals surface area contributed by atoms with Crippen LogP contribution in [0.5, 0.6) is 0 Å². The Morgan fingerprint density at radius 2 is 2.24 bits per heavy atom. The molecule has 0 amide bonds. The summed E-state index contributed by atoms with van der Waals surface area (Å²) in [6, 6.07) is 7.31. The van der Waals surface area contributed by atoms with Crippen LogP contribution in [0.3, 0.4) is 0 Å². The summed E-state index contributed by atoms with van der Waals surface area (Å²) in [5.41, 5.74) is 8.15. The molecule has 2 saturated heterocycles. The Bertz CT molecular complexity index is 649. The summed E-state index contributed by atoms with van der Waals surface area (Å²) in [5, 5.41) is 0. The molecular weight excluding hydrogens is 262 g/mol. The van der Waals surface area contributed by atoms with Gasteiger partial charge in [0.05, 0.1) is 5.69 Å². The molecule has 0 bridgehead atoms. The van der Waals surface area contributed by atoms with Crippen molar-refractivity contribution in [2.24, 2.45) is 5.73 Å². The number of anilines is 1. The second kappa shape index (κ2) is 5.00. The van der Waals surface area contributed by atoms with Crippen LogP contribution in [-0.4, -0.2) is 46.0 Å². The molecule has 112 valence electrons. The molecule has 4 heterocycles. The van der Waals surface area contributed by atoms with Crippen LogP contribution in [0.15, 0.2) is 24.4 Å². The molecule has 4 rings (SSSR count). The first-order chi connectivity index (χ1) is 10.3. The molecule has 2 atom stereocenters. The summed E-state index contributed by atoms with van der Waals surface area (Å²) >= 11 is 0. The predicted molar refractivity (Wildman–Crippen MR) is 84.5 cm³/mol. The minimum atomic E-state index is 0.495. The third-order valence-corrected chi connectivity index (χ3v) is 5.01. The maximum atomic E-state index is 6.02. The Balaban J connectivity index is 1.75. The molecular formula is C16H23N5. The first-order valence-electron chi connectivity index (χ1n) is 7.94. The summed E-state index contributed by atoms with van der Waals surface area (Å²) in [5.74, 6) is 1.09. The molecule has 0 saturated carbocycles. The van der Waals surface area contributed by atoms with E-state index in [0.717, 1.165) is 30.2 Å². The van der Waals surface area contributed by atoms with Crippen LogP contribution in [-0.2, 0) is 6.54 Å². The van der Waals surface area contributed by atoms with E-state index >= 15 is 0 Å². The number of nitrogens with two attached hydrogens (primary N) is 1. The maximum absolute atomic E-state index is 6.02. The van der Waals surface area contributed by atoms with Crippen molar-refractivity contribution in [3.05, 3.63) is 30.1 Å². The molecule has 2 aromatic heterocycles. The van der Waals surface area contributed by atoms with Crippen molar-refractivity contribution < 1.29 is 0 Å². The lowest BCUT2D eigenvalue weighted by atomic mass is 10.1. The Labute approximate surface area is 125 Å². The maximum Gasteiger partial charge on any atom is 0.152 e. The molecule has 0 radical (unpaired) electrons. The number of hydrogen-bond acceptors (Lipinski definition) is 4. The number of pyridine rings is 1. The summed E-state index contributed by atoms with van der Waals surface area (Å²) in [4.78, 5) is 9.97. The molecule has 2 aliphatic rings. The van der Waals surface area contributed by atoms with E-state index in [2.05, 4.69) is 33.4 Å². The normalized spacial score (nSPS) is 26.5. The number of aromatic nitrogens is 2. The van der Waals surface area contributed by atoms with E-state index in [1.165, 1.54) is 19.4 Å². The van der Waals surface area contributed by atoms with Gasteiger partial charge in [-0.05, 0) is 38.4 Å². The standard InChI is InChI=1S/C16H23N5/c1-12-10-19-7-4-5-13(19)11-21(12)16-14(9-17)20-8-3-2-6-15(20)18-16/h2-3,6,8,12-13H,4-5,7,9-11,17H2,1H3. The number of fused-ring (bicyclic) bond motifs is 2. The van der Waals surface area contributed by atoms with E-state index in [1.807, 2.05) is 12.1 Å². The Morgan fingerprint density at radius 3 is 3.10 bits per heavy atom. The average molecular weight is 285 g/mol. The Hall–Kier alpha value is -1.59. The second-order valence-electron chi connectivity index (χ2n) is 6.31. The number of rotatable bonds is 2. The number of imidazole rings is 1. The fourth-order valence-electron chi connectivity index (χ4n) is 3.94. The lowest BCUT2D eigenvalue weighted by Gasteiger charge is -2.42. The van der Waals surface area contributed by atoms with Crippen LogP contribution < -0.4 is 10.6 Å². The average Bonchev–Trinajstić information content (AvgIpc) is 3.08. The zero-order valence-electron chi connectivity index (χ0n) is 12.6. The predicted octanol–water partition coefficient (Wildman–Crippen LogP) is 1.47. The van der Waals surface area contributed by atoms with E-state index in [9.17, 15) is 0 Å². The summed E-state index contributed by atoms with van der Waals surface area (Å²) in [7, 11) is 0. The van der Waals surface area contributed by atoms with E-state index < -0.39 is 0 Å². The van der Waals surface area contributed by atoms with Crippen molar-refractivity contribution in [3.8, 4) is 0 Å². The highest BCUT2D eigenvalue weighted by atomic mass is 15.3. The molecule has 2 aliphatic heterocycles. The monoisotopic (exact) mass is 285 g/mol. The molecule has 0 spiro atoms. The van der Waals surface area contributed by atoms with Crippen LogP contribution in [0, 0.1) is 0 Å². The zero-order valence-corrected chi connectivity index (χ0v) is 12.6. The van der Waals surface area contributed by atoms with Gasteiger partial charge in [-0.25, -0.2) is 4.98 Å². The molecule has 21 heavy (non-hydrogen) atoms. The van der Waals surface area contributed by atoms with Gasteiger partial charge in [-0.1, -0.05) is 6.07 Å². The lowest BCUT2D eigenvalue weighted by molar-refractivity contribution is 0.202. The van der Waals surface area contributed by atoms with E-state index in [0.29, 0.717) is 18.6 Å². The van der Waals surface area contributed by atoms with Crippen molar-refractivity contribution >= 4 is 11.5 Å². The number of nitrogens with zero attached hydrogens (tertiary/aromatic N) is 4. The molecule has 2 unspecified atom stereocenters. The minimum absolute atomic E-state index is 0.495. The highest BCUT2D eigenvalue weighted by Gasteiger charge is 2.36. The fraction of sp³-hybridized carbons (Fsp3) is 0.562. The molecule has 2 aromatic rings. The molecule has 0 aliphatic carbocycles. The molecule has 5 nitrogen and oxygen atoms in total. The van der Waals surface area contributed by atoms with Gasteiger partial charge in [-0.15, -0.1) is 0 Å². The van der Waals surface area contributed by atoms with Crippen LogP contribution in [0.25, 0.3) is 5.65 Å². The van der Waals surface area contributed by atoms with Crippen molar-refractivity contribution in [1.29, 1.82) is 0 Å². The molecule has 5 heteroatoms. The smallest absolute Gasteiger partial charge is 0.152 e. The summed E-state index contributed by atoms with van der Waals surface area (Å²) in [6.07, 6.45) is 4.71. The van der Waals surface area contributed by atoms with Crippen molar-refractivity contribution in [2.45, 2.75) is 38.4 Å². The Morgan fingerprint density at radius 1 is 1.33 bits per heavy atom. The van der Waals surface area contributed by atoms with Gasteiger partial charge in [0.2, 0.25) is 0 Å². The van der Waals surface area contributed by atoms with Crippen molar-refractivity contribution in [3.63, 3.8) is 0 Å². The quantitative estimate of drug-likeness (QED) is 0.908. The van der Waals surface area contributed by atoms with E-state index in [-0.39, 0.29) is 0 Å². The van der Waals surface area contributed by atoms with Gasteiger partial charge in [-0.2, -0.15) is 0 Å². The van der Waals surface area contributed by atoms with Crippen LogP contribution >= 0.6 is 0 Å². The largest absolute Gasteiger partial charge is 0.349 e. The highest BCUT2D eigenvalue weighted by molar-refractivity contribution is 5.57. The third-order valence-electron chi connectivity index (χ3n) is 5.01. The topological polar surface area (TPSA) is 49.8 Å². The van der Waals surface area contributed by atoms with Gasteiger partial charge < -0.3 is 15.0 Å². The zero-order chi connectivity index (χ0) is 14.4. The van der Waals surface area contributed by atoms with Crippen LogP contribution in [0.1, 0.15) is 25.5 Å². The van der Waals surface area contributed by atoms with Gasteiger partial charge >= 0.3 is 0 Å².